The Morgan fingerprint density at radius 1 is 1.62 bits per heavy atom. The maximum absolute atomic E-state index is 5.69. The minimum atomic E-state index is 0.225. The van der Waals surface area contributed by atoms with Gasteiger partial charge < -0.3 is 9.47 Å². The van der Waals surface area contributed by atoms with Gasteiger partial charge >= 0.3 is 0 Å². The van der Waals surface area contributed by atoms with Crippen LogP contribution in [0.4, 0.5) is 0 Å². The zero-order valence-electron chi connectivity index (χ0n) is 8.25. The van der Waals surface area contributed by atoms with Gasteiger partial charge in [0, 0.05) is 0 Å². The minimum Gasteiger partial charge on any atom is -0.371 e. The van der Waals surface area contributed by atoms with Gasteiger partial charge in [0.25, 0.3) is 0 Å². The molecule has 1 aliphatic carbocycles. The molecule has 72 valence electrons. The zero-order chi connectivity index (χ0) is 9.26. The molecule has 0 N–H and O–H groups in total. The lowest BCUT2D eigenvalue weighted by molar-refractivity contribution is 0.0776. The zero-order valence-corrected chi connectivity index (χ0v) is 8.25. The van der Waals surface area contributed by atoms with Crippen LogP contribution < -0.4 is 0 Å². The van der Waals surface area contributed by atoms with Gasteiger partial charge in [-0.25, -0.2) is 0 Å². The van der Waals surface area contributed by atoms with Gasteiger partial charge in [-0.1, -0.05) is 12.2 Å². The van der Waals surface area contributed by atoms with Crippen molar-refractivity contribution >= 4 is 0 Å². The summed E-state index contributed by atoms with van der Waals surface area (Å²) in [6, 6.07) is 0. The molecule has 2 nitrogen and oxygen atoms in total. The van der Waals surface area contributed by atoms with Crippen molar-refractivity contribution in [3.63, 3.8) is 0 Å². The monoisotopic (exact) mass is 180 g/mol. The number of epoxide rings is 1. The highest BCUT2D eigenvalue weighted by Gasteiger charge is 2.24. The molecule has 0 amide bonds. The number of hydrogen-bond donors (Lipinski definition) is 0. The molecular formula is C11H16O2. The number of rotatable bonds is 4. The third-order valence-electron chi connectivity index (χ3n) is 2.59. The maximum atomic E-state index is 5.69. The molecule has 0 spiro atoms. The molecule has 0 aromatic carbocycles. The third kappa shape index (κ3) is 2.20. The van der Waals surface area contributed by atoms with Crippen molar-refractivity contribution in [3.05, 3.63) is 23.3 Å². The van der Waals surface area contributed by atoms with E-state index < -0.39 is 0 Å². The first-order valence-corrected chi connectivity index (χ1v) is 4.88. The second-order valence-corrected chi connectivity index (χ2v) is 3.71. The molecule has 0 radical (unpaired) electrons. The number of allylic oxidation sites excluding steroid dienone is 2. The van der Waals surface area contributed by atoms with E-state index in [1.54, 1.807) is 0 Å². The normalized spacial score (nSPS) is 28.3. The SMILES string of the molecule is CC1=CCC=C1C(C)OCC1CO1. The molecule has 2 atom stereocenters. The van der Waals surface area contributed by atoms with Crippen LogP contribution in [0.15, 0.2) is 23.3 Å². The fraction of sp³-hybridized carbons (Fsp3) is 0.636. The smallest absolute Gasteiger partial charge is 0.104 e. The molecule has 2 rings (SSSR count). The van der Waals surface area contributed by atoms with Crippen molar-refractivity contribution in [3.8, 4) is 0 Å². The Kier molecular flexibility index (Phi) is 2.51. The predicted molar refractivity (Wildman–Crippen MR) is 51.6 cm³/mol. The summed E-state index contributed by atoms with van der Waals surface area (Å²) in [7, 11) is 0. The van der Waals surface area contributed by atoms with Crippen LogP contribution in [0.1, 0.15) is 20.3 Å². The van der Waals surface area contributed by atoms with Gasteiger partial charge in [0.05, 0.1) is 19.3 Å². The van der Waals surface area contributed by atoms with Gasteiger partial charge in [-0.15, -0.1) is 0 Å². The Balaban J connectivity index is 1.81. The Morgan fingerprint density at radius 3 is 2.92 bits per heavy atom. The summed E-state index contributed by atoms with van der Waals surface area (Å²) in [6.45, 7) is 5.87. The molecule has 0 saturated carbocycles. The lowest BCUT2D eigenvalue weighted by atomic mass is 10.1. The van der Waals surface area contributed by atoms with E-state index in [1.807, 2.05) is 0 Å². The third-order valence-corrected chi connectivity index (χ3v) is 2.59. The Bertz CT molecular complexity index is 249. The largest absolute Gasteiger partial charge is 0.371 e. The van der Waals surface area contributed by atoms with E-state index in [0.29, 0.717) is 6.10 Å². The van der Waals surface area contributed by atoms with Crippen LogP contribution in [-0.2, 0) is 9.47 Å². The van der Waals surface area contributed by atoms with Crippen molar-refractivity contribution in [2.45, 2.75) is 32.5 Å². The van der Waals surface area contributed by atoms with E-state index in [-0.39, 0.29) is 6.10 Å². The molecule has 2 unspecified atom stereocenters. The number of hydrogen-bond acceptors (Lipinski definition) is 2. The Hall–Kier alpha value is -0.600. The van der Waals surface area contributed by atoms with E-state index in [0.717, 1.165) is 19.6 Å². The molecule has 1 aliphatic heterocycles. The highest BCUT2D eigenvalue weighted by molar-refractivity contribution is 5.37. The summed E-state index contributed by atoms with van der Waals surface area (Å²) in [5.74, 6) is 0. The fourth-order valence-electron chi connectivity index (χ4n) is 1.63. The first kappa shape index (κ1) is 8.97. The van der Waals surface area contributed by atoms with Gasteiger partial charge in [-0.2, -0.15) is 0 Å². The first-order valence-electron chi connectivity index (χ1n) is 4.88. The summed E-state index contributed by atoms with van der Waals surface area (Å²) in [4.78, 5) is 0. The van der Waals surface area contributed by atoms with E-state index >= 15 is 0 Å². The highest BCUT2D eigenvalue weighted by Crippen LogP contribution is 2.24. The highest BCUT2D eigenvalue weighted by atomic mass is 16.6. The molecule has 0 aromatic heterocycles. The second-order valence-electron chi connectivity index (χ2n) is 3.71. The van der Waals surface area contributed by atoms with Crippen molar-refractivity contribution in [2.24, 2.45) is 0 Å². The van der Waals surface area contributed by atoms with Crippen molar-refractivity contribution < 1.29 is 9.47 Å². The molecule has 2 aliphatic rings. The summed E-state index contributed by atoms with van der Waals surface area (Å²) >= 11 is 0. The number of ether oxygens (including phenoxy) is 2. The molecule has 1 saturated heterocycles. The Morgan fingerprint density at radius 2 is 2.38 bits per heavy atom. The van der Waals surface area contributed by atoms with Crippen LogP contribution in [0.5, 0.6) is 0 Å². The van der Waals surface area contributed by atoms with Crippen LogP contribution >= 0.6 is 0 Å². The average molecular weight is 180 g/mol. The van der Waals surface area contributed by atoms with Gasteiger partial charge in [-0.3, -0.25) is 0 Å². The van der Waals surface area contributed by atoms with Crippen LogP contribution in [0, 0.1) is 0 Å². The van der Waals surface area contributed by atoms with Crippen molar-refractivity contribution in [2.75, 3.05) is 13.2 Å². The van der Waals surface area contributed by atoms with Gasteiger partial charge in [-0.05, 0) is 31.4 Å². The molecule has 13 heavy (non-hydrogen) atoms. The van der Waals surface area contributed by atoms with Crippen LogP contribution in [0.25, 0.3) is 0 Å². The van der Waals surface area contributed by atoms with Crippen LogP contribution in [0.3, 0.4) is 0 Å². The quantitative estimate of drug-likeness (QED) is 0.618. The second kappa shape index (κ2) is 3.64. The Labute approximate surface area is 79.2 Å². The van der Waals surface area contributed by atoms with Crippen molar-refractivity contribution in [1.29, 1.82) is 0 Å². The summed E-state index contributed by atoms with van der Waals surface area (Å²) in [5.41, 5.74) is 2.71. The molecule has 0 aromatic rings. The fourth-order valence-corrected chi connectivity index (χ4v) is 1.63. The standard InChI is InChI=1S/C11H16O2/c1-8-4-3-5-11(8)9(2)12-6-10-7-13-10/h4-5,9-10H,3,6-7H2,1-2H3. The molecule has 0 bridgehead atoms. The van der Waals surface area contributed by atoms with E-state index in [9.17, 15) is 0 Å². The summed E-state index contributed by atoms with van der Waals surface area (Å²) < 4.78 is 10.8. The summed E-state index contributed by atoms with van der Waals surface area (Å²) in [5, 5.41) is 0. The van der Waals surface area contributed by atoms with Gasteiger partial charge in [0.2, 0.25) is 0 Å². The van der Waals surface area contributed by atoms with Crippen molar-refractivity contribution in [1.82, 2.24) is 0 Å². The molecule has 1 heterocycles. The lowest BCUT2D eigenvalue weighted by Gasteiger charge is -2.14. The van der Waals surface area contributed by atoms with Crippen LogP contribution in [0.2, 0.25) is 0 Å². The van der Waals surface area contributed by atoms with Gasteiger partial charge in [0.1, 0.15) is 6.10 Å². The predicted octanol–water partition coefficient (Wildman–Crippen LogP) is 2.07. The average Bonchev–Trinajstić information content (AvgIpc) is 2.84. The van der Waals surface area contributed by atoms with Gasteiger partial charge in [0.15, 0.2) is 0 Å². The minimum absolute atomic E-state index is 0.225. The lowest BCUT2D eigenvalue weighted by Crippen LogP contribution is -2.15. The molecular weight excluding hydrogens is 164 g/mol. The maximum Gasteiger partial charge on any atom is 0.104 e. The van der Waals surface area contributed by atoms with Crippen LogP contribution in [-0.4, -0.2) is 25.4 Å². The first-order chi connectivity index (χ1) is 6.27. The van der Waals surface area contributed by atoms with E-state index in [4.69, 9.17) is 9.47 Å². The van der Waals surface area contributed by atoms with E-state index in [2.05, 4.69) is 26.0 Å². The summed E-state index contributed by atoms with van der Waals surface area (Å²) in [6.07, 6.45) is 6.14. The van der Waals surface area contributed by atoms with E-state index in [1.165, 1.54) is 11.1 Å². The molecule has 2 heteroatoms. The molecule has 1 fully saturated rings. The topological polar surface area (TPSA) is 21.8 Å².